The predicted octanol–water partition coefficient (Wildman–Crippen LogP) is 2.13. The topological polar surface area (TPSA) is 59.2 Å². The molecule has 0 saturated carbocycles. The Hall–Kier alpha value is -2.01. The Labute approximate surface area is 119 Å². The quantitative estimate of drug-likeness (QED) is 0.812. The summed E-state index contributed by atoms with van der Waals surface area (Å²) in [6.07, 6.45) is 2.62. The number of imidazole rings is 1. The summed E-state index contributed by atoms with van der Waals surface area (Å²) in [5.41, 5.74) is 2.23. The van der Waals surface area contributed by atoms with Crippen molar-refractivity contribution < 1.29 is 9.47 Å². The van der Waals surface area contributed by atoms with Crippen LogP contribution in [0.25, 0.3) is 0 Å². The second-order valence-electron chi connectivity index (χ2n) is 4.50. The molecule has 2 aromatic rings. The summed E-state index contributed by atoms with van der Waals surface area (Å²) in [7, 11) is 3.28. The molecule has 108 valence electrons. The molecular formula is C15H21N3O2. The van der Waals surface area contributed by atoms with Gasteiger partial charge in [0.05, 0.1) is 14.2 Å². The predicted molar refractivity (Wildman–Crippen MR) is 78.3 cm³/mol. The minimum Gasteiger partial charge on any atom is -0.493 e. The molecule has 0 aliphatic heterocycles. The number of aromatic nitrogens is 2. The number of ether oxygens (including phenoxy) is 2. The van der Waals surface area contributed by atoms with E-state index >= 15 is 0 Å². The zero-order chi connectivity index (χ0) is 14.4. The van der Waals surface area contributed by atoms with Gasteiger partial charge in [0, 0.05) is 24.9 Å². The molecule has 0 saturated heterocycles. The highest BCUT2D eigenvalue weighted by atomic mass is 16.5. The highest BCUT2D eigenvalue weighted by Gasteiger charge is 2.07. The van der Waals surface area contributed by atoms with Crippen LogP contribution in [0.15, 0.2) is 24.4 Å². The summed E-state index contributed by atoms with van der Waals surface area (Å²) in [6, 6.07) is 5.91. The molecule has 2 rings (SSSR count). The Kier molecular flexibility index (Phi) is 5.01. The number of aromatic amines is 1. The van der Waals surface area contributed by atoms with Crippen molar-refractivity contribution in [1.82, 2.24) is 15.3 Å². The molecule has 0 amide bonds. The first-order valence-corrected chi connectivity index (χ1v) is 6.71. The van der Waals surface area contributed by atoms with Gasteiger partial charge in [0.1, 0.15) is 5.82 Å². The van der Waals surface area contributed by atoms with E-state index in [1.807, 2.05) is 24.4 Å². The lowest BCUT2D eigenvalue weighted by molar-refractivity contribution is 0.354. The first kappa shape index (κ1) is 14.4. The smallest absolute Gasteiger partial charge is 0.161 e. The molecule has 1 aromatic carbocycles. The monoisotopic (exact) mass is 275 g/mol. The van der Waals surface area contributed by atoms with Gasteiger partial charge >= 0.3 is 0 Å². The van der Waals surface area contributed by atoms with Gasteiger partial charge in [-0.2, -0.15) is 0 Å². The number of methoxy groups -OCH3 is 2. The van der Waals surface area contributed by atoms with Crippen molar-refractivity contribution in [3.8, 4) is 11.5 Å². The van der Waals surface area contributed by atoms with Crippen LogP contribution in [0.2, 0.25) is 0 Å². The average molecular weight is 275 g/mol. The molecule has 1 heterocycles. The summed E-state index contributed by atoms with van der Waals surface area (Å²) in [4.78, 5) is 7.71. The van der Waals surface area contributed by atoms with Crippen LogP contribution >= 0.6 is 0 Å². The van der Waals surface area contributed by atoms with Gasteiger partial charge in [0.15, 0.2) is 11.5 Å². The molecule has 0 aliphatic rings. The van der Waals surface area contributed by atoms with Gasteiger partial charge in [-0.25, -0.2) is 4.98 Å². The van der Waals surface area contributed by atoms with E-state index in [4.69, 9.17) is 9.47 Å². The summed E-state index contributed by atoms with van der Waals surface area (Å²) in [6.45, 7) is 3.85. The summed E-state index contributed by atoms with van der Waals surface area (Å²) in [5.74, 6) is 2.43. The molecule has 0 atom stereocenters. The molecule has 20 heavy (non-hydrogen) atoms. The second kappa shape index (κ2) is 6.96. The third-order valence-corrected chi connectivity index (χ3v) is 3.07. The maximum Gasteiger partial charge on any atom is 0.161 e. The van der Waals surface area contributed by atoms with Crippen LogP contribution in [-0.4, -0.2) is 30.7 Å². The van der Waals surface area contributed by atoms with Gasteiger partial charge in [-0.3, -0.25) is 0 Å². The lowest BCUT2D eigenvalue weighted by atomic mass is 10.1. The highest BCUT2D eigenvalue weighted by Crippen LogP contribution is 2.28. The number of nitrogens with one attached hydrogen (secondary N) is 2. The number of H-pyrrole nitrogens is 1. The number of benzene rings is 1. The highest BCUT2D eigenvalue weighted by molar-refractivity contribution is 5.43. The number of rotatable bonds is 7. The standard InChI is InChI=1S/C15H21N3O2/c1-4-16-9-12-10-17-15(18-12)8-11-5-6-13(19-2)14(7-11)20-3/h5-7,10,16H,4,8-9H2,1-3H3,(H,17,18). The van der Waals surface area contributed by atoms with E-state index in [0.717, 1.165) is 48.1 Å². The van der Waals surface area contributed by atoms with E-state index < -0.39 is 0 Å². The zero-order valence-electron chi connectivity index (χ0n) is 12.2. The molecule has 5 heteroatoms. The number of nitrogens with zero attached hydrogens (tertiary/aromatic N) is 1. The van der Waals surface area contributed by atoms with Gasteiger partial charge in [-0.15, -0.1) is 0 Å². The molecule has 0 aliphatic carbocycles. The molecule has 0 bridgehead atoms. The van der Waals surface area contributed by atoms with Crippen molar-refractivity contribution in [2.75, 3.05) is 20.8 Å². The van der Waals surface area contributed by atoms with Crippen molar-refractivity contribution >= 4 is 0 Å². The van der Waals surface area contributed by atoms with Crippen molar-refractivity contribution in [1.29, 1.82) is 0 Å². The van der Waals surface area contributed by atoms with Crippen LogP contribution in [0.1, 0.15) is 24.0 Å². The van der Waals surface area contributed by atoms with Gasteiger partial charge in [0.25, 0.3) is 0 Å². The Morgan fingerprint density at radius 3 is 2.70 bits per heavy atom. The maximum atomic E-state index is 5.31. The third kappa shape index (κ3) is 3.51. The normalized spacial score (nSPS) is 10.6. The van der Waals surface area contributed by atoms with E-state index in [0.29, 0.717) is 0 Å². The Balaban J connectivity index is 2.07. The third-order valence-electron chi connectivity index (χ3n) is 3.07. The fourth-order valence-electron chi connectivity index (χ4n) is 2.03. The number of hydrogen-bond donors (Lipinski definition) is 2. The van der Waals surface area contributed by atoms with Crippen molar-refractivity contribution in [3.05, 3.63) is 41.5 Å². The molecule has 0 fully saturated rings. The fourth-order valence-corrected chi connectivity index (χ4v) is 2.03. The van der Waals surface area contributed by atoms with E-state index in [-0.39, 0.29) is 0 Å². The second-order valence-corrected chi connectivity index (χ2v) is 4.50. The molecule has 1 aromatic heterocycles. The van der Waals surface area contributed by atoms with Gasteiger partial charge in [-0.05, 0) is 24.2 Å². The van der Waals surface area contributed by atoms with Gasteiger partial charge < -0.3 is 19.8 Å². The lowest BCUT2D eigenvalue weighted by Crippen LogP contribution is -2.11. The van der Waals surface area contributed by atoms with Crippen LogP contribution in [0.5, 0.6) is 11.5 Å². The van der Waals surface area contributed by atoms with Crippen molar-refractivity contribution in [2.24, 2.45) is 0 Å². The van der Waals surface area contributed by atoms with Crippen LogP contribution in [0.3, 0.4) is 0 Å². The molecule has 2 N–H and O–H groups in total. The summed E-state index contributed by atoms with van der Waals surface area (Å²) < 4.78 is 10.5. The minimum absolute atomic E-state index is 0.739. The lowest BCUT2D eigenvalue weighted by Gasteiger charge is -2.08. The minimum atomic E-state index is 0.739. The van der Waals surface area contributed by atoms with Crippen molar-refractivity contribution in [2.45, 2.75) is 19.9 Å². The summed E-state index contributed by atoms with van der Waals surface area (Å²) >= 11 is 0. The van der Waals surface area contributed by atoms with Crippen LogP contribution in [0, 0.1) is 0 Å². The SMILES string of the molecule is CCNCc1cnc(Cc2ccc(OC)c(OC)c2)[nH]1. The van der Waals surface area contributed by atoms with Gasteiger partial charge in [0.2, 0.25) is 0 Å². The average Bonchev–Trinajstić information content (AvgIpc) is 2.92. The van der Waals surface area contributed by atoms with Crippen molar-refractivity contribution in [3.63, 3.8) is 0 Å². The molecule has 0 radical (unpaired) electrons. The van der Waals surface area contributed by atoms with Crippen LogP contribution < -0.4 is 14.8 Å². The van der Waals surface area contributed by atoms with Crippen LogP contribution in [-0.2, 0) is 13.0 Å². The molecule has 5 nitrogen and oxygen atoms in total. The van der Waals surface area contributed by atoms with E-state index in [2.05, 4.69) is 22.2 Å². The molecule has 0 unspecified atom stereocenters. The first-order valence-electron chi connectivity index (χ1n) is 6.71. The fraction of sp³-hybridized carbons (Fsp3) is 0.400. The van der Waals surface area contributed by atoms with Crippen LogP contribution in [0.4, 0.5) is 0 Å². The number of hydrogen-bond acceptors (Lipinski definition) is 4. The van der Waals surface area contributed by atoms with E-state index in [1.54, 1.807) is 14.2 Å². The zero-order valence-corrected chi connectivity index (χ0v) is 12.2. The van der Waals surface area contributed by atoms with E-state index in [9.17, 15) is 0 Å². The first-order chi connectivity index (χ1) is 9.76. The Bertz CT molecular complexity index is 552. The Morgan fingerprint density at radius 1 is 1.20 bits per heavy atom. The largest absolute Gasteiger partial charge is 0.493 e. The Morgan fingerprint density at radius 2 is 2.00 bits per heavy atom. The summed E-state index contributed by atoms with van der Waals surface area (Å²) in [5, 5.41) is 3.27. The van der Waals surface area contributed by atoms with E-state index in [1.165, 1.54) is 0 Å². The molecular weight excluding hydrogens is 254 g/mol. The molecule has 0 spiro atoms. The van der Waals surface area contributed by atoms with Gasteiger partial charge in [-0.1, -0.05) is 13.0 Å². The maximum absolute atomic E-state index is 5.31.